The van der Waals surface area contributed by atoms with Crippen molar-refractivity contribution in [2.75, 3.05) is 47.9 Å². The minimum atomic E-state index is -0.615. The SMILES string of the molecule is CNC(C)(CN1CCC(N(C)C)C1)C(=O)OC. The third kappa shape index (κ3) is 3.40. The van der Waals surface area contributed by atoms with Crippen LogP contribution in [0.4, 0.5) is 0 Å². The number of nitrogens with zero attached hydrogens (tertiary/aromatic N) is 2. The molecule has 17 heavy (non-hydrogen) atoms. The van der Waals surface area contributed by atoms with E-state index in [1.807, 2.05) is 6.92 Å². The summed E-state index contributed by atoms with van der Waals surface area (Å²) in [6.45, 7) is 4.64. The predicted molar refractivity (Wildman–Crippen MR) is 68.0 cm³/mol. The highest BCUT2D eigenvalue weighted by atomic mass is 16.5. The van der Waals surface area contributed by atoms with Gasteiger partial charge in [0.1, 0.15) is 5.54 Å². The Morgan fingerprint density at radius 3 is 2.65 bits per heavy atom. The highest BCUT2D eigenvalue weighted by Crippen LogP contribution is 2.17. The van der Waals surface area contributed by atoms with Crippen molar-refractivity contribution in [2.45, 2.75) is 24.9 Å². The van der Waals surface area contributed by atoms with Crippen LogP contribution in [0.1, 0.15) is 13.3 Å². The molecule has 1 rings (SSSR count). The summed E-state index contributed by atoms with van der Waals surface area (Å²) in [7, 11) is 7.44. The summed E-state index contributed by atoms with van der Waals surface area (Å²) >= 11 is 0. The van der Waals surface area contributed by atoms with Crippen LogP contribution in [-0.2, 0) is 9.53 Å². The second kappa shape index (κ2) is 5.80. The molecule has 1 fully saturated rings. The van der Waals surface area contributed by atoms with Gasteiger partial charge in [0.25, 0.3) is 0 Å². The molecule has 0 aromatic carbocycles. The van der Waals surface area contributed by atoms with Crippen LogP contribution in [0, 0.1) is 0 Å². The third-order valence-electron chi connectivity index (χ3n) is 3.71. The number of carbonyl (C=O) groups is 1. The lowest BCUT2D eigenvalue weighted by molar-refractivity contribution is -0.148. The zero-order valence-electron chi connectivity index (χ0n) is 11.6. The largest absolute Gasteiger partial charge is 0.468 e. The van der Waals surface area contributed by atoms with Crippen LogP contribution in [0.5, 0.6) is 0 Å². The van der Waals surface area contributed by atoms with Gasteiger partial charge in [-0.15, -0.1) is 0 Å². The minimum absolute atomic E-state index is 0.201. The lowest BCUT2D eigenvalue weighted by Gasteiger charge is -2.31. The third-order valence-corrected chi connectivity index (χ3v) is 3.71. The van der Waals surface area contributed by atoms with Crippen molar-refractivity contribution in [3.63, 3.8) is 0 Å². The van der Waals surface area contributed by atoms with Crippen molar-refractivity contribution in [2.24, 2.45) is 0 Å². The second-order valence-electron chi connectivity index (χ2n) is 5.21. The smallest absolute Gasteiger partial charge is 0.327 e. The number of rotatable bonds is 5. The molecule has 2 atom stereocenters. The Hall–Kier alpha value is -0.650. The van der Waals surface area contributed by atoms with E-state index >= 15 is 0 Å². The first-order valence-corrected chi connectivity index (χ1v) is 6.09. The average Bonchev–Trinajstić information content (AvgIpc) is 2.76. The Kier molecular flexibility index (Phi) is 4.91. The second-order valence-corrected chi connectivity index (χ2v) is 5.21. The maximum atomic E-state index is 11.7. The fourth-order valence-corrected chi connectivity index (χ4v) is 2.30. The van der Waals surface area contributed by atoms with Gasteiger partial charge in [-0.2, -0.15) is 0 Å². The van der Waals surface area contributed by atoms with E-state index in [4.69, 9.17) is 4.74 Å². The van der Waals surface area contributed by atoms with Crippen molar-refractivity contribution in [3.8, 4) is 0 Å². The summed E-state index contributed by atoms with van der Waals surface area (Å²) < 4.78 is 4.85. The standard InChI is InChI=1S/C12H25N3O2/c1-12(13-2,11(16)17-5)9-15-7-6-10(8-15)14(3)4/h10,13H,6-9H2,1-5H3. The molecule has 5 heteroatoms. The Morgan fingerprint density at radius 2 is 2.24 bits per heavy atom. The van der Waals surface area contributed by atoms with Gasteiger partial charge in [0, 0.05) is 19.1 Å². The summed E-state index contributed by atoms with van der Waals surface area (Å²) in [4.78, 5) is 16.3. The first-order valence-electron chi connectivity index (χ1n) is 6.09. The molecule has 0 bridgehead atoms. The minimum Gasteiger partial charge on any atom is -0.468 e. The monoisotopic (exact) mass is 243 g/mol. The molecule has 0 aromatic heterocycles. The molecular formula is C12H25N3O2. The first kappa shape index (κ1) is 14.4. The van der Waals surface area contributed by atoms with E-state index < -0.39 is 5.54 Å². The van der Waals surface area contributed by atoms with E-state index in [-0.39, 0.29) is 5.97 Å². The fourth-order valence-electron chi connectivity index (χ4n) is 2.30. The first-order chi connectivity index (χ1) is 7.92. The molecular weight excluding hydrogens is 218 g/mol. The van der Waals surface area contributed by atoms with Crippen molar-refractivity contribution >= 4 is 5.97 Å². The van der Waals surface area contributed by atoms with Gasteiger partial charge >= 0.3 is 5.97 Å². The number of likely N-dealkylation sites (tertiary alicyclic amines) is 1. The summed E-state index contributed by atoms with van der Waals surface area (Å²) in [6, 6.07) is 0.591. The van der Waals surface area contributed by atoms with Gasteiger partial charge in [-0.25, -0.2) is 0 Å². The van der Waals surface area contributed by atoms with Gasteiger partial charge in [-0.1, -0.05) is 0 Å². The van der Waals surface area contributed by atoms with Crippen molar-refractivity contribution in [3.05, 3.63) is 0 Å². The Bertz CT molecular complexity index is 270. The molecule has 0 amide bonds. The molecule has 0 saturated carbocycles. The van der Waals surface area contributed by atoms with Gasteiger partial charge < -0.3 is 15.0 Å². The van der Waals surface area contributed by atoms with Crippen molar-refractivity contribution in [1.29, 1.82) is 0 Å². The fraction of sp³-hybridized carbons (Fsp3) is 0.917. The molecule has 100 valence electrons. The van der Waals surface area contributed by atoms with Gasteiger partial charge in [0.2, 0.25) is 0 Å². The Labute approximate surface area is 104 Å². The summed E-state index contributed by atoms with van der Waals surface area (Å²) in [6.07, 6.45) is 1.16. The molecule has 5 nitrogen and oxygen atoms in total. The van der Waals surface area contributed by atoms with Crippen molar-refractivity contribution < 1.29 is 9.53 Å². The Morgan fingerprint density at radius 1 is 1.59 bits per heavy atom. The van der Waals surface area contributed by atoms with Crippen LogP contribution in [0.2, 0.25) is 0 Å². The zero-order chi connectivity index (χ0) is 13.1. The maximum Gasteiger partial charge on any atom is 0.327 e. The van der Waals surface area contributed by atoms with Gasteiger partial charge in [0.05, 0.1) is 7.11 Å². The van der Waals surface area contributed by atoms with Crippen molar-refractivity contribution in [1.82, 2.24) is 15.1 Å². The molecule has 0 radical (unpaired) electrons. The number of hydrogen-bond acceptors (Lipinski definition) is 5. The van der Waals surface area contributed by atoms with Crippen LogP contribution in [0.15, 0.2) is 0 Å². The number of ether oxygens (including phenoxy) is 1. The average molecular weight is 243 g/mol. The zero-order valence-corrected chi connectivity index (χ0v) is 11.6. The number of hydrogen-bond donors (Lipinski definition) is 1. The summed E-state index contributed by atoms with van der Waals surface area (Å²) in [5.41, 5.74) is -0.615. The van der Waals surface area contributed by atoms with E-state index in [1.165, 1.54) is 7.11 Å². The number of carbonyl (C=O) groups excluding carboxylic acids is 1. The maximum absolute atomic E-state index is 11.7. The molecule has 0 spiro atoms. The topological polar surface area (TPSA) is 44.8 Å². The molecule has 2 unspecified atom stereocenters. The van der Waals surface area contributed by atoms with E-state index in [2.05, 4.69) is 29.2 Å². The molecule has 1 aliphatic rings. The van der Waals surface area contributed by atoms with Crippen LogP contribution in [0.3, 0.4) is 0 Å². The number of likely N-dealkylation sites (N-methyl/N-ethyl adjacent to an activating group) is 2. The van der Waals surface area contributed by atoms with Gasteiger partial charge in [0.15, 0.2) is 0 Å². The normalized spacial score (nSPS) is 24.9. The lowest BCUT2D eigenvalue weighted by Crippen LogP contribution is -2.56. The number of nitrogens with one attached hydrogen (secondary N) is 1. The highest BCUT2D eigenvalue weighted by molar-refractivity contribution is 5.80. The van der Waals surface area contributed by atoms with E-state index in [1.54, 1.807) is 7.05 Å². The molecule has 1 heterocycles. The predicted octanol–water partition coefficient (Wildman–Crippen LogP) is -0.227. The Balaban J connectivity index is 2.56. The van der Waals surface area contributed by atoms with Gasteiger partial charge in [-0.05, 0) is 41.0 Å². The summed E-state index contributed by atoms with van der Waals surface area (Å²) in [5, 5.41) is 3.07. The van der Waals surface area contributed by atoms with Crippen LogP contribution >= 0.6 is 0 Å². The van der Waals surface area contributed by atoms with Gasteiger partial charge in [-0.3, -0.25) is 9.69 Å². The molecule has 1 N–H and O–H groups in total. The van der Waals surface area contributed by atoms with E-state index in [0.717, 1.165) is 19.5 Å². The van der Waals surface area contributed by atoms with Crippen LogP contribution < -0.4 is 5.32 Å². The van der Waals surface area contributed by atoms with E-state index in [0.29, 0.717) is 12.6 Å². The quantitative estimate of drug-likeness (QED) is 0.676. The highest BCUT2D eigenvalue weighted by Gasteiger charge is 2.37. The lowest BCUT2D eigenvalue weighted by atomic mass is 10.0. The number of methoxy groups -OCH3 is 1. The van der Waals surface area contributed by atoms with Crippen LogP contribution in [0.25, 0.3) is 0 Å². The number of esters is 1. The van der Waals surface area contributed by atoms with Crippen LogP contribution in [-0.4, -0.2) is 75.2 Å². The molecule has 0 aliphatic carbocycles. The molecule has 0 aromatic rings. The molecule has 1 aliphatic heterocycles. The van der Waals surface area contributed by atoms with E-state index in [9.17, 15) is 4.79 Å². The summed E-state index contributed by atoms with van der Waals surface area (Å²) in [5.74, 6) is -0.201. The molecule has 1 saturated heterocycles.